The molecular weight excluding hydrogens is 459 g/mol. The summed E-state index contributed by atoms with van der Waals surface area (Å²) in [6.45, 7) is 8.67. The van der Waals surface area contributed by atoms with Crippen LogP contribution in [0.5, 0.6) is 0 Å². The Morgan fingerprint density at radius 2 is 1.91 bits per heavy atom. The van der Waals surface area contributed by atoms with E-state index in [-0.39, 0.29) is 36.3 Å². The quantitative estimate of drug-likeness (QED) is 0.565. The molecule has 0 aromatic carbocycles. The van der Waals surface area contributed by atoms with Crippen molar-refractivity contribution in [2.75, 3.05) is 26.2 Å². The molecule has 2 fully saturated rings. The molecule has 3 heterocycles. The molecule has 9 heteroatoms. The van der Waals surface area contributed by atoms with Crippen LogP contribution in [-0.2, 0) is 33.5 Å². The molecule has 1 saturated heterocycles. The molecule has 1 amide bonds. The summed E-state index contributed by atoms with van der Waals surface area (Å²) in [6.07, 6.45) is 0.890. The van der Waals surface area contributed by atoms with E-state index in [0.29, 0.717) is 30.8 Å². The van der Waals surface area contributed by atoms with E-state index in [4.69, 9.17) is 4.74 Å². The van der Waals surface area contributed by atoms with Gasteiger partial charge in [0, 0.05) is 37.4 Å². The van der Waals surface area contributed by atoms with Crippen molar-refractivity contribution in [3.8, 4) is 0 Å². The minimum atomic E-state index is -4.45. The third-order valence-electron chi connectivity index (χ3n) is 8.37. The molecule has 0 N–H and O–H groups in total. The zero-order chi connectivity index (χ0) is 25.4. The summed E-state index contributed by atoms with van der Waals surface area (Å²) in [4.78, 5) is 34.2. The van der Waals surface area contributed by atoms with Crippen molar-refractivity contribution in [3.63, 3.8) is 0 Å². The van der Waals surface area contributed by atoms with Crippen molar-refractivity contribution in [2.45, 2.75) is 78.1 Å². The lowest BCUT2D eigenvalue weighted by molar-refractivity contribution is -0.149. The average molecular weight is 496 g/mol. The van der Waals surface area contributed by atoms with Crippen LogP contribution in [0.1, 0.15) is 69.7 Å². The highest BCUT2D eigenvalue weighted by Gasteiger charge is 2.51. The van der Waals surface area contributed by atoms with Gasteiger partial charge in [-0.25, -0.2) is 0 Å². The smallest absolute Gasteiger partial charge is 0.417 e. The maximum absolute atomic E-state index is 13.9. The Kier molecular flexibility index (Phi) is 7.46. The first kappa shape index (κ1) is 25.9. The lowest BCUT2D eigenvalue weighted by atomic mass is 9.73. The van der Waals surface area contributed by atoms with Crippen LogP contribution in [-0.4, -0.2) is 58.9 Å². The van der Waals surface area contributed by atoms with Gasteiger partial charge in [0.25, 0.3) is 0 Å². The Bertz CT molecular complexity index is 944. The largest absolute Gasteiger partial charge is 0.466 e. The molecule has 0 bridgehead atoms. The van der Waals surface area contributed by atoms with E-state index >= 15 is 0 Å². The number of nitrogens with zero attached hydrogens (tertiary/aromatic N) is 3. The number of halogens is 3. The summed E-state index contributed by atoms with van der Waals surface area (Å²) in [5, 5.41) is 0. The predicted molar refractivity (Wildman–Crippen MR) is 124 cm³/mol. The van der Waals surface area contributed by atoms with E-state index in [1.54, 1.807) is 4.90 Å². The van der Waals surface area contributed by atoms with Gasteiger partial charge in [-0.15, -0.1) is 0 Å². The Hall–Kier alpha value is -2.16. The Morgan fingerprint density at radius 1 is 1.20 bits per heavy atom. The van der Waals surface area contributed by atoms with E-state index in [1.165, 1.54) is 0 Å². The standard InChI is InChI=1S/C26H36F3N3O3/c1-4-35-23(33)18-6-10-31(11-7-18)21-5-9-25(14-21,17(2)3)24(34)32-12-8-22-19(16-32)13-20(15-30-22)26(27,28)29/h13,15,17-18,21H,4-12,14,16H2,1-3H3/t21?,25-/m0/s1. The number of hydrogen-bond acceptors (Lipinski definition) is 5. The molecule has 0 spiro atoms. The van der Waals surface area contributed by atoms with Crippen LogP contribution in [0.2, 0.25) is 0 Å². The molecule has 6 nitrogen and oxygen atoms in total. The van der Waals surface area contributed by atoms with E-state index in [9.17, 15) is 22.8 Å². The van der Waals surface area contributed by atoms with E-state index in [2.05, 4.69) is 23.7 Å². The number of hydrogen-bond donors (Lipinski definition) is 0. The zero-order valence-corrected chi connectivity index (χ0v) is 20.9. The highest BCUT2D eigenvalue weighted by Crippen LogP contribution is 2.48. The Balaban J connectivity index is 1.44. The molecule has 2 aliphatic heterocycles. The maximum atomic E-state index is 13.9. The molecule has 1 unspecified atom stereocenters. The minimum absolute atomic E-state index is 0.0484. The number of pyridine rings is 1. The molecule has 0 radical (unpaired) electrons. The first-order valence-electron chi connectivity index (χ1n) is 12.8. The zero-order valence-electron chi connectivity index (χ0n) is 20.9. The average Bonchev–Trinajstić information content (AvgIpc) is 3.29. The Morgan fingerprint density at radius 3 is 2.54 bits per heavy atom. The van der Waals surface area contributed by atoms with Crippen LogP contribution >= 0.6 is 0 Å². The summed E-state index contributed by atoms with van der Waals surface area (Å²) in [7, 11) is 0. The summed E-state index contributed by atoms with van der Waals surface area (Å²) >= 11 is 0. The van der Waals surface area contributed by atoms with Crippen molar-refractivity contribution >= 4 is 11.9 Å². The van der Waals surface area contributed by atoms with Crippen LogP contribution in [0.25, 0.3) is 0 Å². The molecule has 1 aromatic heterocycles. The van der Waals surface area contributed by atoms with Crippen LogP contribution < -0.4 is 0 Å². The summed E-state index contributed by atoms with van der Waals surface area (Å²) in [6, 6.07) is 1.43. The molecule has 3 aliphatic rings. The number of carbonyl (C=O) groups is 2. The Labute approximate surface area is 205 Å². The van der Waals surface area contributed by atoms with Crippen molar-refractivity contribution in [2.24, 2.45) is 17.3 Å². The highest BCUT2D eigenvalue weighted by atomic mass is 19.4. The number of piperidine rings is 1. The third kappa shape index (κ3) is 5.20. The first-order chi connectivity index (χ1) is 16.5. The molecule has 2 atom stereocenters. The number of amides is 1. The second-order valence-electron chi connectivity index (χ2n) is 10.6. The number of ether oxygens (including phenoxy) is 1. The summed E-state index contributed by atoms with van der Waals surface area (Å²) < 4.78 is 44.8. The number of alkyl halides is 3. The van der Waals surface area contributed by atoms with Gasteiger partial charge >= 0.3 is 12.1 Å². The van der Waals surface area contributed by atoms with Gasteiger partial charge in [-0.2, -0.15) is 13.2 Å². The highest BCUT2D eigenvalue weighted by molar-refractivity contribution is 5.84. The fraction of sp³-hybridized carbons (Fsp3) is 0.731. The van der Waals surface area contributed by atoms with Gasteiger partial charge in [-0.05, 0) is 69.7 Å². The number of fused-ring (bicyclic) bond motifs is 1. The lowest BCUT2D eigenvalue weighted by Crippen LogP contribution is -2.49. The van der Waals surface area contributed by atoms with Crippen molar-refractivity contribution in [3.05, 3.63) is 29.1 Å². The number of likely N-dealkylation sites (tertiary alicyclic amines) is 1. The van der Waals surface area contributed by atoms with E-state index in [1.807, 2.05) is 6.92 Å². The molecule has 1 aliphatic carbocycles. The topological polar surface area (TPSA) is 62.7 Å². The van der Waals surface area contributed by atoms with E-state index in [0.717, 1.165) is 57.5 Å². The van der Waals surface area contributed by atoms with Crippen molar-refractivity contribution < 1.29 is 27.5 Å². The normalized spacial score (nSPS) is 26.1. The predicted octanol–water partition coefficient (Wildman–Crippen LogP) is 4.46. The van der Waals surface area contributed by atoms with Crippen LogP contribution in [0.4, 0.5) is 13.2 Å². The van der Waals surface area contributed by atoms with Gasteiger partial charge in [0.15, 0.2) is 0 Å². The molecular formula is C26H36F3N3O3. The number of aromatic nitrogens is 1. The van der Waals surface area contributed by atoms with Gasteiger partial charge in [0.1, 0.15) is 0 Å². The van der Waals surface area contributed by atoms with Crippen molar-refractivity contribution in [1.82, 2.24) is 14.8 Å². The lowest BCUT2D eigenvalue weighted by Gasteiger charge is -2.41. The molecule has 194 valence electrons. The van der Waals surface area contributed by atoms with Gasteiger partial charge in [-0.1, -0.05) is 13.8 Å². The fourth-order valence-corrected chi connectivity index (χ4v) is 6.16. The molecule has 1 aromatic rings. The number of carbonyl (C=O) groups excluding carboxylic acids is 2. The third-order valence-corrected chi connectivity index (χ3v) is 8.37. The summed E-state index contributed by atoms with van der Waals surface area (Å²) in [5.74, 6) is 0.0177. The van der Waals surface area contributed by atoms with Gasteiger partial charge in [0.2, 0.25) is 5.91 Å². The number of esters is 1. The van der Waals surface area contributed by atoms with E-state index < -0.39 is 17.2 Å². The van der Waals surface area contributed by atoms with Crippen molar-refractivity contribution in [1.29, 1.82) is 0 Å². The SMILES string of the molecule is CCOC(=O)C1CCN(C2CC[C@@](C(=O)N3CCc4ncc(C(F)(F)F)cc4C3)(C(C)C)C2)CC1. The van der Waals surface area contributed by atoms with Crippen LogP contribution in [0, 0.1) is 17.3 Å². The molecule has 1 saturated carbocycles. The monoisotopic (exact) mass is 495 g/mol. The first-order valence-corrected chi connectivity index (χ1v) is 12.8. The molecule has 35 heavy (non-hydrogen) atoms. The van der Waals surface area contributed by atoms with Gasteiger partial charge in [-0.3, -0.25) is 14.6 Å². The van der Waals surface area contributed by atoms with Crippen LogP contribution in [0.15, 0.2) is 12.3 Å². The molecule has 4 rings (SSSR count). The summed E-state index contributed by atoms with van der Waals surface area (Å²) in [5.41, 5.74) is -0.144. The van der Waals surface area contributed by atoms with Crippen LogP contribution in [0.3, 0.4) is 0 Å². The maximum Gasteiger partial charge on any atom is 0.417 e. The van der Waals surface area contributed by atoms with Gasteiger partial charge in [0.05, 0.1) is 23.5 Å². The second-order valence-corrected chi connectivity index (χ2v) is 10.6. The number of rotatable bonds is 5. The van der Waals surface area contributed by atoms with Gasteiger partial charge < -0.3 is 14.5 Å². The second kappa shape index (κ2) is 10.1. The fourth-order valence-electron chi connectivity index (χ4n) is 6.16. The minimum Gasteiger partial charge on any atom is -0.466 e.